The monoisotopic (exact) mass is 604 g/mol. The Balaban J connectivity index is 1.27. The molecule has 0 spiro atoms. The van der Waals surface area contributed by atoms with E-state index in [1.165, 1.54) is 7.11 Å². The van der Waals surface area contributed by atoms with Crippen molar-refractivity contribution in [1.29, 1.82) is 0 Å². The van der Waals surface area contributed by atoms with Gasteiger partial charge in [0.2, 0.25) is 0 Å². The fraction of sp³-hybridized carbons (Fsp3) is 0.400. The summed E-state index contributed by atoms with van der Waals surface area (Å²) in [6.45, 7) is 2.32. The summed E-state index contributed by atoms with van der Waals surface area (Å²) in [5.74, 6) is 7.13. The van der Waals surface area contributed by atoms with Gasteiger partial charge in [-0.2, -0.15) is 0 Å². The molecule has 1 heterocycles. The molecule has 8 heteroatoms. The van der Waals surface area contributed by atoms with E-state index in [1.54, 1.807) is 25.1 Å². The van der Waals surface area contributed by atoms with Crippen molar-refractivity contribution in [2.24, 2.45) is 5.92 Å². The lowest BCUT2D eigenvalue weighted by Gasteiger charge is -2.22. The van der Waals surface area contributed by atoms with Crippen molar-refractivity contribution in [2.45, 2.75) is 58.0 Å². The molecule has 2 aliphatic rings. The van der Waals surface area contributed by atoms with Crippen molar-refractivity contribution in [3.8, 4) is 34.5 Å². The van der Waals surface area contributed by atoms with Crippen LogP contribution in [0.15, 0.2) is 54.6 Å². The van der Waals surface area contributed by atoms with E-state index in [1.807, 2.05) is 30.3 Å². The highest BCUT2D eigenvalue weighted by atomic mass is 32.2. The SMILES string of the molecule is CC#CC(CC(=O)OC)c1ccc(OCc2cc3c(cc2F)CCCc2cc(OCC4CCS(=O)(=O)CC4)ccc2-3)cc1. The maximum absolute atomic E-state index is 15.2. The van der Waals surface area contributed by atoms with Crippen LogP contribution >= 0.6 is 0 Å². The van der Waals surface area contributed by atoms with Gasteiger partial charge in [-0.3, -0.25) is 4.79 Å². The van der Waals surface area contributed by atoms with Gasteiger partial charge in [-0.15, -0.1) is 5.92 Å². The summed E-state index contributed by atoms with van der Waals surface area (Å²) in [5.41, 5.74) is 5.58. The van der Waals surface area contributed by atoms with Crippen molar-refractivity contribution in [2.75, 3.05) is 25.2 Å². The second kappa shape index (κ2) is 13.6. The maximum Gasteiger partial charge on any atom is 0.307 e. The van der Waals surface area contributed by atoms with E-state index < -0.39 is 9.84 Å². The molecule has 5 rings (SSSR count). The molecule has 0 amide bonds. The summed E-state index contributed by atoms with van der Waals surface area (Å²) in [5, 5.41) is 0. The number of halogens is 1. The molecule has 1 fully saturated rings. The summed E-state index contributed by atoms with van der Waals surface area (Å²) >= 11 is 0. The molecule has 0 aromatic heterocycles. The quantitative estimate of drug-likeness (QED) is 0.207. The van der Waals surface area contributed by atoms with Crippen molar-refractivity contribution >= 4 is 15.8 Å². The number of fused-ring (bicyclic) bond motifs is 3. The molecule has 1 aliphatic carbocycles. The molecule has 3 aromatic carbocycles. The Bertz CT molecular complexity index is 1620. The maximum atomic E-state index is 15.2. The molecular formula is C35H37FO6S. The van der Waals surface area contributed by atoms with E-state index in [9.17, 15) is 13.2 Å². The summed E-state index contributed by atoms with van der Waals surface area (Å²) in [4.78, 5) is 11.8. The molecule has 226 valence electrons. The lowest BCUT2D eigenvalue weighted by atomic mass is 9.94. The van der Waals surface area contributed by atoms with Crippen LogP contribution in [0.5, 0.6) is 11.5 Å². The Kier molecular flexibility index (Phi) is 9.72. The van der Waals surface area contributed by atoms with Crippen molar-refractivity contribution in [3.63, 3.8) is 0 Å². The van der Waals surface area contributed by atoms with E-state index in [0.29, 0.717) is 30.8 Å². The Hall–Kier alpha value is -3.83. The highest BCUT2D eigenvalue weighted by Gasteiger charge is 2.24. The topological polar surface area (TPSA) is 78.9 Å². The van der Waals surface area contributed by atoms with Crippen molar-refractivity contribution in [1.82, 2.24) is 0 Å². The van der Waals surface area contributed by atoms with Gasteiger partial charge in [-0.25, -0.2) is 12.8 Å². The average molecular weight is 605 g/mol. The van der Waals surface area contributed by atoms with Gasteiger partial charge in [-0.1, -0.05) is 24.1 Å². The van der Waals surface area contributed by atoms with E-state index in [2.05, 4.69) is 17.9 Å². The molecule has 0 radical (unpaired) electrons. The van der Waals surface area contributed by atoms with Crippen LogP contribution in [0.3, 0.4) is 0 Å². The number of aryl methyl sites for hydroxylation is 2. The Morgan fingerprint density at radius 2 is 1.65 bits per heavy atom. The molecule has 1 atom stereocenters. The molecule has 0 N–H and O–H groups in total. The van der Waals surface area contributed by atoms with Gasteiger partial charge in [0.05, 0.1) is 37.6 Å². The van der Waals surface area contributed by atoms with Gasteiger partial charge < -0.3 is 14.2 Å². The molecule has 1 unspecified atom stereocenters. The molecule has 3 aromatic rings. The second-order valence-electron chi connectivity index (χ2n) is 11.3. The van der Waals surface area contributed by atoms with Gasteiger partial charge in [0.1, 0.15) is 33.8 Å². The Labute approximate surface area is 253 Å². The van der Waals surface area contributed by atoms with Crippen LogP contribution in [0.25, 0.3) is 11.1 Å². The first-order chi connectivity index (χ1) is 20.7. The van der Waals surface area contributed by atoms with E-state index in [4.69, 9.17) is 14.2 Å². The zero-order valence-electron chi connectivity index (χ0n) is 24.7. The predicted molar refractivity (Wildman–Crippen MR) is 164 cm³/mol. The fourth-order valence-corrected chi connectivity index (χ4v) is 7.37. The molecule has 6 nitrogen and oxygen atoms in total. The van der Waals surface area contributed by atoms with Gasteiger partial charge in [0.25, 0.3) is 0 Å². The molecule has 1 aliphatic heterocycles. The first-order valence-electron chi connectivity index (χ1n) is 14.7. The van der Waals surface area contributed by atoms with Crippen LogP contribution in [-0.4, -0.2) is 39.6 Å². The third kappa shape index (κ3) is 7.77. The molecule has 1 saturated heterocycles. The predicted octanol–water partition coefficient (Wildman–Crippen LogP) is 6.43. The largest absolute Gasteiger partial charge is 0.493 e. The zero-order chi connectivity index (χ0) is 30.4. The zero-order valence-corrected chi connectivity index (χ0v) is 25.5. The van der Waals surface area contributed by atoms with Gasteiger partial charge in [0, 0.05) is 5.56 Å². The van der Waals surface area contributed by atoms with Crippen LogP contribution in [0.1, 0.15) is 60.8 Å². The number of hydrogen-bond donors (Lipinski definition) is 0. The number of esters is 1. The highest BCUT2D eigenvalue weighted by Crippen LogP contribution is 2.36. The second-order valence-corrected chi connectivity index (χ2v) is 13.6. The minimum absolute atomic E-state index is 0.0758. The number of benzene rings is 3. The van der Waals surface area contributed by atoms with Crippen molar-refractivity contribution in [3.05, 3.63) is 82.7 Å². The first-order valence-corrected chi connectivity index (χ1v) is 16.6. The van der Waals surface area contributed by atoms with Crippen molar-refractivity contribution < 1.29 is 31.8 Å². The van der Waals surface area contributed by atoms with E-state index in [0.717, 1.165) is 52.8 Å². The standard InChI is InChI=1S/C35H37FO6S/c1-3-5-26(21-35(37)40-2)25-8-10-30(11-9-25)42-23-29-19-33-28(20-34(29)36)7-4-6-27-18-31(12-13-32(27)33)41-22-24-14-16-43(38,39)17-15-24/h8-13,18-20,24,26H,4,6-7,14-17,21-23H2,1-2H3. The lowest BCUT2D eigenvalue weighted by Crippen LogP contribution is -2.26. The van der Waals surface area contributed by atoms with Crippen LogP contribution in [0.4, 0.5) is 4.39 Å². The lowest BCUT2D eigenvalue weighted by molar-refractivity contribution is -0.140. The minimum Gasteiger partial charge on any atom is -0.493 e. The minimum atomic E-state index is -2.89. The van der Waals surface area contributed by atoms with Gasteiger partial charge in [-0.05, 0) is 109 Å². The molecular weight excluding hydrogens is 567 g/mol. The third-order valence-electron chi connectivity index (χ3n) is 8.29. The third-order valence-corrected chi connectivity index (χ3v) is 10.0. The Morgan fingerprint density at radius 3 is 2.35 bits per heavy atom. The number of carbonyl (C=O) groups excluding carboxylic acids is 1. The summed E-state index contributed by atoms with van der Waals surface area (Å²) in [6.07, 6.45) is 4.01. The summed E-state index contributed by atoms with van der Waals surface area (Å²) in [7, 11) is -1.53. The number of rotatable bonds is 9. The van der Waals surface area contributed by atoms with Gasteiger partial charge in [0.15, 0.2) is 0 Å². The summed E-state index contributed by atoms with van der Waals surface area (Å²) in [6, 6.07) is 16.9. The van der Waals surface area contributed by atoms with Crippen LogP contribution in [0, 0.1) is 23.6 Å². The first kappa shape index (κ1) is 30.6. The van der Waals surface area contributed by atoms with E-state index >= 15 is 4.39 Å². The van der Waals surface area contributed by atoms with Crippen LogP contribution in [0.2, 0.25) is 0 Å². The number of carbonyl (C=O) groups is 1. The number of hydrogen-bond acceptors (Lipinski definition) is 6. The average Bonchev–Trinajstić information content (AvgIpc) is 3.17. The highest BCUT2D eigenvalue weighted by molar-refractivity contribution is 7.91. The fourth-order valence-electron chi connectivity index (χ4n) is 5.78. The smallest absolute Gasteiger partial charge is 0.307 e. The summed E-state index contributed by atoms with van der Waals surface area (Å²) < 4.78 is 55.5. The van der Waals surface area contributed by atoms with Crippen LogP contribution in [-0.2, 0) is 38.8 Å². The van der Waals surface area contributed by atoms with E-state index in [-0.39, 0.29) is 48.2 Å². The molecule has 0 bridgehead atoms. The molecule has 0 saturated carbocycles. The number of sulfone groups is 1. The van der Waals surface area contributed by atoms with Gasteiger partial charge >= 0.3 is 5.97 Å². The van der Waals surface area contributed by atoms with Crippen LogP contribution < -0.4 is 9.47 Å². The molecule has 43 heavy (non-hydrogen) atoms. The Morgan fingerprint density at radius 1 is 0.953 bits per heavy atom. The normalized spacial score (nSPS) is 16.4. The number of ether oxygens (including phenoxy) is 3. The number of methoxy groups -OCH3 is 1.